The number of nitrogens with zero attached hydrogens (tertiary/aromatic N) is 3. The number of rotatable bonds is 4. The van der Waals surface area contributed by atoms with E-state index in [2.05, 4.69) is 15.2 Å². The molecule has 146 valence electrons. The molecule has 1 aliphatic rings. The molecule has 0 saturated carbocycles. The SMILES string of the molecule is Cc1nc(N(C)C(=O)Nc2ccc(N3CCOCC3)cc2)sc1S(N)(=O)=O. The first kappa shape index (κ1) is 19.5. The number of benzene rings is 1. The summed E-state index contributed by atoms with van der Waals surface area (Å²) in [5.74, 6) is 0. The van der Waals surface area contributed by atoms with E-state index in [4.69, 9.17) is 9.88 Å². The Bertz CT molecular complexity index is 921. The Labute approximate surface area is 161 Å². The number of primary sulfonamides is 1. The number of amides is 2. The van der Waals surface area contributed by atoms with Crippen molar-refractivity contribution in [3.63, 3.8) is 0 Å². The van der Waals surface area contributed by atoms with Crippen LogP contribution in [0.2, 0.25) is 0 Å². The summed E-state index contributed by atoms with van der Waals surface area (Å²) in [5.41, 5.74) is 1.97. The summed E-state index contributed by atoms with van der Waals surface area (Å²) in [6.45, 7) is 4.62. The molecule has 0 aliphatic carbocycles. The fourth-order valence-corrected chi connectivity index (χ4v) is 4.55. The van der Waals surface area contributed by atoms with Crippen LogP contribution < -0.4 is 20.3 Å². The van der Waals surface area contributed by atoms with E-state index in [0.29, 0.717) is 18.9 Å². The molecule has 1 aliphatic heterocycles. The number of ether oxygens (including phenoxy) is 1. The molecule has 27 heavy (non-hydrogen) atoms. The van der Waals surface area contributed by atoms with Gasteiger partial charge in [0.05, 0.1) is 18.9 Å². The van der Waals surface area contributed by atoms with Crippen LogP contribution >= 0.6 is 11.3 Å². The normalized spacial score (nSPS) is 14.9. The van der Waals surface area contributed by atoms with Crippen LogP contribution in [0.1, 0.15) is 5.69 Å². The highest BCUT2D eigenvalue weighted by atomic mass is 32.2. The van der Waals surface area contributed by atoms with Gasteiger partial charge in [0, 0.05) is 31.5 Å². The quantitative estimate of drug-likeness (QED) is 0.789. The summed E-state index contributed by atoms with van der Waals surface area (Å²) in [6, 6.07) is 7.09. The molecule has 1 aromatic carbocycles. The molecule has 0 spiro atoms. The molecular weight excluding hydrogens is 390 g/mol. The third kappa shape index (κ3) is 4.56. The fraction of sp³-hybridized carbons (Fsp3) is 0.375. The van der Waals surface area contributed by atoms with Crippen molar-refractivity contribution in [3.8, 4) is 0 Å². The molecule has 9 nitrogen and oxygen atoms in total. The Kier molecular flexibility index (Phi) is 5.65. The summed E-state index contributed by atoms with van der Waals surface area (Å²) in [4.78, 5) is 20.0. The Morgan fingerprint density at radius 3 is 2.48 bits per heavy atom. The summed E-state index contributed by atoms with van der Waals surface area (Å²) in [6.07, 6.45) is 0. The van der Waals surface area contributed by atoms with E-state index in [0.717, 1.165) is 30.1 Å². The van der Waals surface area contributed by atoms with Gasteiger partial charge in [-0.05, 0) is 31.2 Å². The van der Waals surface area contributed by atoms with Crippen molar-refractivity contribution in [2.24, 2.45) is 5.14 Å². The third-order valence-corrected chi connectivity index (χ3v) is 6.88. The Hall–Kier alpha value is -2.21. The summed E-state index contributed by atoms with van der Waals surface area (Å²) in [5, 5.41) is 8.17. The van der Waals surface area contributed by atoms with Gasteiger partial charge in [0.15, 0.2) is 9.34 Å². The largest absolute Gasteiger partial charge is 0.378 e. The molecule has 3 rings (SSSR count). The zero-order valence-corrected chi connectivity index (χ0v) is 16.6. The molecule has 2 heterocycles. The van der Waals surface area contributed by atoms with Gasteiger partial charge in [-0.3, -0.25) is 4.90 Å². The molecule has 1 aromatic heterocycles. The van der Waals surface area contributed by atoms with Gasteiger partial charge in [-0.2, -0.15) is 0 Å². The molecule has 0 bridgehead atoms. The van der Waals surface area contributed by atoms with Crippen LogP contribution in [0.5, 0.6) is 0 Å². The van der Waals surface area contributed by atoms with Gasteiger partial charge in [0.1, 0.15) is 0 Å². The number of thiazole rings is 1. The second kappa shape index (κ2) is 7.80. The van der Waals surface area contributed by atoms with Crippen molar-refractivity contribution in [3.05, 3.63) is 30.0 Å². The van der Waals surface area contributed by atoms with Crippen LogP contribution in [0.15, 0.2) is 28.5 Å². The standard InChI is InChI=1S/C16H21N5O4S2/c1-11-14(27(17,23)24)26-16(18-11)20(2)15(22)19-12-3-5-13(6-4-12)21-7-9-25-10-8-21/h3-6H,7-10H2,1-2H3,(H,19,22)(H2,17,23,24). The number of anilines is 3. The lowest BCUT2D eigenvalue weighted by atomic mass is 10.2. The van der Waals surface area contributed by atoms with Crippen LogP contribution in [0.4, 0.5) is 21.3 Å². The van der Waals surface area contributed by atoms with Crippen molar-refractivity contribution >= 4 is 43.9 Å². The molecule has 0 atom stereocenters. The minimum atomic E-state index is -3.86. The molecule has 1 fully saturated rings. The van der Waals surface area contributed by atoms with E-state index in [1.165, 1.54) is 18.9 Å². The maximum atomic E-state index is 12.4. The first-order valence-electron chi connectivity index (χ1n) is 8.23. The Morgan fingerprint density at radius 1 is 1.30 bits per heavy atom. The van der Waals surface area contributed by atoms with E-state index < -0.39 is 16.1 Å². The second-order valence-electron chi connectivity index (χ2n) is 6.05. The highest BCUT2D eigenvalue weighted by Crippen LogP contribution is 2.28. The van der Waals surface area contributed by atoms with E-state index in [9.17, 15) is 13.2 Å². The molecule has 11 heteroatoms. The van der Waals surface area contributed by atoms with E-state index >= 15 is 0 Å². The highest BCUT2D eigenvalue weighted by molar-refractivity contribution is 7.91. The van der Waals surface area contributed by atoms with Crippen molar-refractivity contribution in [1.82, 2.24) is 4.98 Å². The molecule has 1 saturated heterocycles. The number of sulfonamides is 1. The topological polar surface area (TPSA) is 118 Å². The Balaban J connectivity index is 1.68. The molecule has 3 N–H and O–H groups in total. The molecule has 0 radical (unpaired) electrons. The number of carbonyl (C=O) groups is 1. The van der Waals surface area contributed by atoms with Gasteiger partial charge in [0.2, 0.25) is 10.0 Å². The van der Waals surface area contributed by atoms with Gasteiger partial charge < -0.3 is 15.0 Å². The minimum absolute atomic E-state index is 0.0491. The predicted molar refractivity (Wildman–Crippen MR) is 105 cm³/mol. The third-order valence-electron chi connectivity index (χ3n) is 4.09. The first-order valence-corrected chi connectivity index (χ1v) is 10.6. The first-order chi connectivity index (χ1) is 12.8. The lowest BCUT2D eigenvalue weighted by molar-refractivity contribution is 0.122. The van der Waals surface area contributed by atoms with E-state index in [1.54, 1.807) is 0 Å². The number of hydrogen-bond donors (Lipinski definition) is 2. The number of nitrogens with two attached hydrogens (primary N) is 1. The molecule has 2 aromatic rings. The number of aromatic nitrogens is 1. The van der Waals surface area contributed by atoms with Crippen LogP contribution in [0, 0.1) is 6.92 Å². The zero-order valence-electron chi connectivity index (χ0n) is 15.0. The Morgan fingerprint density at radius 2 is 1.93 bits per heavy atom. The van der Waals surface area contributed by atoms with Crippen molar-refractivity contribution < 1.29 is 17.9 Å². The predicted octanol–water partition coefficient (Wildman–Crippen LogP) is 1.60. The number of urea groups is 1. The number of carbonyl (C=O) groups excluding carboxylic acids is 1. The summed E-state index contributed by atoms with van der Waals surface area (Å²) in [7, 11) is -2.35. The highest BCUT2D eigenvalue weighted by Gasteiger charge is 2.22. The van der Waals surface area contributed by atoms with Crippen LogP contribution in [-0.4, -0.2) is 52.8 Å². The molecule has 2 amide bonds. The van der Waals surface area contributed by atoms with Gasteiger partial charge >= 0.3 is 6.03 Å². The summed E-state index contributed by atoms with van der Waals surface area (Å²) >= 11 is 0.857. The zero-order chi connectivity index (χ0) is 19.6. The monoisotopic (exact) mass is 411 g/mol. The van der Waals surface area contributed by atoms with Gasteiger partial charge in [-0.1, -0.05) is 11.3 Å². The van der Waals surface area contributed by atoms with Crippen LogP contribution in [0.25, 0.3) is 0 Å². The lowest BCUT2D eigenvalue weighted by Gasteiger charge is -2.29. The lowest BCUT2D eigenvalue weighted by Crippen LogP contribution is -2.36. The number of aryl methyl sites for hydroxylation is 1. The van der Waals surface area contributed by atoms with Gasteiger partial charge in [-0.15, -0.1) is 0 Å². The maximum Gasteiger partial charge on any atom is 0.327 e. The smallest absolute Gasteiger partial charge is 0.327 e. The molecular formula is C16H21N5O4S2. The van der Waals surface area contributed by atoms with E-state index in [-0.39, 0.29) is 15.0 Å². The summed E-state index contributed by atoms with van der Waals surface area (Å²) < 4.78 is 28.4. The van der Waals surface area contributed by atoms with Crippen LogP contribution in [-0.2, 0) is 14.8 Å². The number of nitrogens with one attached hydrogen (secondary N) is 1. The maximum absolute atomic E-state index is 12.4. The second-order valence-corrected chi connectivity index (χ2v) is 8.78. The van der Waals surface area contributed by atoms with Crippen molar-refractivity contribution in [2.75, 3.05) is 48.5 Å². The average Bonchev–Trinajstić information content (AvgIpc) is 3.04. The number of morpholine rings is 1. The van der Waals surface area contributed by atoms with Crippen LogP contribution in [0.3, 0.4) is 0 Å². The average molecular weight is 412 g/mol. The fourth-order valence-electron chi connectivity index (χ4n) is 2.65. The van der Waals surface area contributed by atoms with E-state index in [1.807, 2.05) is 24.3 Å². The van der Waals surface area contributed by atoms with Gasteiger partial charge in [0.25, 0.3) is 0 Å². The van der Waals surface area contributed by atoms with Crippen molar-refractivity contribution in [1.29, 1.82) is 0 Å². The van der Waals surface area contributed by atoms with Crippen molar-refractivity contribution in [2.45, 2.75) is 11.1 Å². The number of hydrogen-bond acceptors (Lipinski definition) is 7. The van der Waals surface area contributed by atoms with Gasteiger partial charge in [-0.25, -0.2) is 23.3 Å². The molecule has 0 unspecified atom stereocenters. The minimum Gasteiger partial charge on any atom is -0.378 e.